The molecule has 0 aliphatic carbocycles. The van der Waals surface area contributed by atoms with Crippen LogP contribution in [0.2, 0.25) is 0 Å². The van der Waals surface area contributed by atoms with Gasteiger partial charge in [0.25, 0.3) is 0 Å². The van der Waals surface area contributed by atoms with Crippen LogP contribution in [0.4, 0.5) is 0 Å². The molecule has 0 saturated carbocycles. The summed E-state index contributed by atoms with van der Waals surface area (Å²) in [6, 6.07) is 8.42. The van der Waals surface area contributed by atoms with Gasteiger partial charge in [-0.05, 0) is 26.0 Å². The summed E-state index contributed by atoms with van der Waals surface area (Å²) in [5.41, 5.74) is 4.18. The van der Waals surface area contributed by atoms with Crippen molar-refractivity contribution >= 4 is 11.3 Å². The monoisotopic (exact) mass is 262 g/mol. The smallest absolute Gasteiger partial charge is 0.119 e. The van der Waals surface area contributed by atoms with Gasteiger partial charge in [-0.3, -0.25) is 0 Å². The van der Waals surface area contributed by atoms with Gasteiger partial charge in [-0.1, -0.05) is 17.7 Å². The maximum atomic E-state index is 5.71. The first-order valence-corrected chi connectivity index (χ1v) is 6.98. The second-order valence-electron chi connectivity index (χ2n) is 4.39. The van der Waals surface area contributed by atoms with Gasteiger partial charge in [0.1, 0.15) is 12.4 Å². The van der Waals surface area contributed by atoms with E-state index in [-0.39, 0.29) is 0 Å². The van der Waals surface area contributed by atoms with Crippen molar-refractivity contribution in [3.8, 4) is 5.75 Å². The highest BCUT2D eigenvalue weighted by atomic mass is 32.1. The standard InChI is InChI=1S/C14H18N2OS/c1-11-3-5-14(6-4-11)17-8-12(2)15-7-13-9-18-10-16-13/h3-6,9-10,12,15H,7-8H2,1-2H3. The average molecular weight is 262 g/mol. The molecule has 1 aromatic heterocycles. The molecule has 1 N–H and O–H groups in total. The van der Waals surface area contributed by atoms with Crippen LogP contribution in [0.1, 0.15) is 18.2 Å². The Morgan fingerprint density at radius 3 is 2.78 bits per heavy atom. The van der Waals surface area contributed by atoms with Crippen molar-refractivity contribution in [1.82, 2.24) is 10.3 Å². The lowest BCUT2D eigenvalue weighted by molar-refractivity contribution is 0.272. The second-order valence-corrected chi connectivity index (χ2v) is 5.10. The molecule has 1 aromatic carbocycles. The molecule has 1 heterocycles. The van der Waals surface area contributed by atoms with Crippen molar-refractivity contribution < 1.29 is 4.74 Å². The molecule has 0 amide bonds. The fourth-order valence-electron chi connectivity index (χ4n) is 1.52. The lowest BCUT2D eigenvalue weighted by Crippen LogP contribution is -2.31. The molecule has 2 rings (SSSR count). The minimum absolute atomic E-state index is 0.299. The minimum atomic E-state index is 0.299. The third kappa shape index (κ3) is 4.13. The number of aromatic nitrogens is 1. The number of nitrogens with zero attached hydrogens (tertiary/aromatic N) is 1. The van der Waals surface area contributed by atoms with Gasteiger partial charge < -0.3 is 10.1 Å². The average Bonchev–Trinajstić information content (AvgIpc) is 2.89. The zero-order valence-corrected chi connectivity index (χ0v) is 11.5. The zero-order valence-electron chi connectivity index (χ0n) is 10.7. The Labute approximate surface area is 112 Å². The van der Waals surface area contributed by atoms with Crippen LogP contribution < -0.4 is 10.1 Å². The highest BCUT2D eigenvalue weighted by Gasteiger charge is 2.03. The molecule has 2 aromatic rings. The molecule has 0 fully saturated rings. The first-order chi connectivity index (χ1) is 8.74. The van der Waals surface area contributed by atoms with Gasteiger partial charge in [0.2, 0.25) is 0 Å². The predicted molar refractivity (Wildman–Crippen MR) is 75.1 cm³/mol. The number of ether oxygens (including phenoxy) is 1. The Morgan fingerprint density at radius 1 is 1.33 bits per heavy atom. The number of aryl methyl sites for hydroxylation is 1. The Hall–Kier alpha value is -1.39. The minimum Gasteiger partial charge on any atom is -0.492 e. The normalized spacial score (nSPS) is 12.3. The van der Waals surface area contributed by atoms with Gasteiger partial charge in [-0.2, -0.15) is 0 Å². The fraction of sp³-hybridized carbons (Fsp3) is 0.357. The Morgan fingerprint density at radius 2 is 2.11 bits per heavy atom. The van der Waals surface area contributed by atoms with E-state index in [0.717, 1.165) is 18.0 Å². The maximum absolute atomic E-state index is 5.71. The molecule has 1 atom stereocenters. The van der Waals surface area contributed by atoms with E-state index in [9.17, 15) is 0 Å². The van der Waals surface area contributed by atoms with E-state index in [1.54, 1.807) is 11.3 Å². The highest BCUT2D eigenvalue weighted by molar-refractivity contribution is 7.07. The summed E-state index contributed by atoms with van der Waals surface area (Å²) in [6.45, 7) is 5.64. The van der Waals surface area contributed by atoms with Crippen LogP contribution in [0, 0.1) is 6.92 Å². The Balaban J connectivity index is 1.71. The molecule has 0 aliphatic rings. The van der Waals surface area contributed by atoms with E-state index in [1.165, 1.54) is 5.56 Å². The van der Waals surface area contributed by atoms with Gasteiger partial charge in [0.05, 0.1) is 11.2 Å². The first kappa shape index (κ1) is 13.1. The molecule has 0 aliphatic heterocycles. The van der Waals surface area contributed by atoms with Crippen LogP contribution in [-0.2, 0) is 6.54 Å². The van der Waals surface area contributed by atoms with Crippen LogP contribution in [0.25, 0.3) is 0 Å². The molecule has 18 heavy (non-hydrogen) atoms. The van der Waals surface area contributed by atoms with Crippen molar-refractivity contribution in [3.63, 3.8) is 0 Å². The lowest BCUT2D eigenvalue weighted by Gasteiger charge is -2.14. The van der Waals surface area contributed by atoms with Crippen molar-refractivity contribution in [2.24, 2.45) is 0 Å². The number of thiazole rings is 1. The summed E-state index contributed by atoms with van der Waals surface area (Å²) in [5.74, 6) is 0.919. The quantitative estimate of drug-likeness (QED) is 0.869. The van der Waals surface area contributed by atoms with Gasteiger partial charge in [0, 0.05) is 18.0 Å². The van der Waals surface area contributed by atoms with Gasteiger partial charge in [-0.15, -0.1) is 11.3 Å². The fourth-order valence-corrected chi connectivity index (χ4v) is 2.08. The van der Waals surface area contributed by atoms with Crippen molar-refractivity contribution in [2.75, 3.05) is 6.61 Å². The first-order valence-electron chi connectivity index (χ1n) is 6.04. The summed E-state index contributed by atoms with van der Waals surface area (Å²) in [6.07, 6.45) is 0. The van der Waals surface area contributed by atoms with Gasteiger partial charge >= 0.3 is 0 Å². The van der Waals surface area contributed by atoms with Crippen molar-refractivity contribution in [3.05, 3.63) is 46.4 Å². The number of hydrogen-bond acceptors (Lipinski definition) is 4. The van der Waals surface area contributed by atoms with E-state index < -0.39 is 0 Å². The highest BCUT2D eigenvalue weighted by Crippen LogP contribution is 2.11. The maximum Gasteiger partial charge on any atom is 0.119 e. The van der Waals surface area contributed by atoms with Crippen LogP contribution in [-0.4, -0.2) is 17.6 Å². The molecule has 1 unspecified atom stereocenters. The molecule has 4 heteroatoms. The third-order valence-corrected chi connectivity index (χ3v) is 3.27. The molecule has 0 radical (unpaired) electrons. The number of benzene rings is 1. The second kappa shape index (κ2) is 6.52. The van der Waals surface area contributed by atoms with E-state index >= 15 is 0 Å². The predicted octanol–water partition coefficient (Wildman–Crippen LogP) is 3.01. The van der Waals surface area contributed by atoms with Crippen molar-refractivity contribution in [1.29, 1.82) is 0 Å². The van der Waals surface area contributed by atoms with Gasteiger partial charge in [-0.25, -0.2) is 4.98 Å². The molecule has 3 nitrogen and oxygen atoms in total. The number of hydrogen-bond donors (Lipinski definition) is 1. The summed E-state index contributed by atoms with van der Waals surface area (Å²) in [7, 11) is 0. The zero-order chi connectivity index (χ0) is 12.8. The Bertz CT molecular complexity index is 453. The lowest BCUT2D eigenvalue weighted by atomic mass is 10.2. The summed E-state index contributed by atoms with van der Waals surface area (Å²) in [4.78, 5) is 4.23. The summed E-state index contributed by atoms with van der Waals surface area (Å²) in [5, 5.41) is 5.44. The van der Waals surface area contributed by atoms with Crippen LogP contribution in [0.3, 0.4) is 0 Å². The number of rotatable bonds is 6. The van der Waals surface area contributed by atoms with Crippen molar-refractivity contribution in [2.45, 2.75) is 26.4 Å². The van der Waals surface area contributed by atoms with E-state index in [0.29, 0.717) is 12.6 Å². The third-order valence-electron chi connectivity index (χ3n) is 2.64. The van der Waals surface area contributed by atoms with E-state index in [1.807, 2.05) is 17.6 Å². The molecule has 96 valence electrons. The largest absolute Gasteiger partial charge is 0.492 e. The SMILES string of the molecule is Cc1ccc(OCC(C)NCc2cscn2)cc1. The van der Waals surface area contributed by atoms with Crippen LogP contribution >= 0.6 is 11.3 Å². The van der Waals surface area contributed by atoms with E-state index in [2.05, 4.69) is 41.7 Å². The van der Waals surface area contributed by atoms with Crippen LogP contribution in [0.5, 0.6) is 5.75 Å². The molecule has 0 bridgehead atoms. The molecule has 0 saturated heterocycles. The summed E-state index contributed by atoms with van der Waals surface area (Å²) >= 11 is 1.62. The topological polar surface area (TPSA) is 34.1 Å². The molecular weight excluding hydrogens is 244 g/mol. The number of nitrogens with one attached hydrogen (secondary N) is 1. The van der Waals surface area contributed by atoms with E-state index in [4.69, 9.17) is 4.74 Å². The van der Waals surface area contributed by atoms with Crippen LogP contribution in [0.15, 0.2) is 35.2 Å². The molecule has 0 spiro atoms. The molecular formula is C14H18N2OS. The van der Waals surface area contributed by atoms with Gasteiger partial charge in [0.15, 0.2) is 0 Å². The summed E-state index contributed by atoms with van der Waals surface area (Å²) < 4.78 is 5.71. The Kier molecular flexibility index (Phi) is 4.73.